The van der Waals surface area contributed by atoms with E-state index in [0.29, 0.717) is 38.9 Å². The zero-order valence-corrected chi connectivity index (χ0v) is 19.1. The van der Waals surface area contributed by atoms with E-state index in [-0.39, 0.29) is 23.3 Å². The predicted octanol–water partition coefficient (Wildman–Crippen LogP) is 6.08. The van der Waals surface area contributed by atoms with Gasteiger partial charge in [0.15, 0.2) is 5.78 Å². The first-order valence-electron chi connectivity index (χ1n) is 10.6. The van der Waals surface area contributed by atoms with Gasteiger partial charge in [-0.3, -0.25) is 4.79 Å². The zero-order chi connectivity index (χ0) is 21.6. The van der Waals surface area contributed by atoms with Gasteiger partial charge < -0.3 is 10.1 Å². The third-order valence-electron chi connectivity index (χ3n) is 6.33. The fourth-order valence-electron chi connectivity index (χ4n) is 4.98. The molecule has 6 heteroatoms. The van der Waals surface area contributed by atoms with Crippen LogP contribution in [0.1, 0.15) is 70.8 Å². The third kappa shape index (κ3) is 3.92. The molecule has 0 saturated heterocycles. The number of ketones is 1. The Kier molecular flexibility index (Phi) is 5.75. The summed E-state index contributed by atoms with van der Waals surface area (Å²) < 4.78 is 5.85. The average molecular weight is 448 g/mol. The van der Waals surface area contributed by atoms with Crippen LogP contribution in [0.15, 0.2) is 40.7 Å². The van der Waals surface area contributed by atoms with Gasteiger partial charge in [0, 0.05) is 29.3 Å². The molecule has 1 aliphatic heterocycles. The zero-order valence-electron chi connectivity index (χ0n) is 17.6. The lowest BCUT2D eigenvalue weighted by Gasteiger charge is -2.39. The lowest BCUT2D eigenvalue weighted by atomic mass is 9.68. The quantitative estimate of drug-likeness (QED) is 0.569. The minimum Gasteiger partial charge on any atom is -0.459 e. The van der Waals surface area contributed by atoms with Crippen LogP contribution >= 0.6 is 23.2 Å². The van der Waals surface area contributed by atoms with Crippen molar-refractivity contribution in [3.63, 3.8) is 0 Å². The molecule has 1 atom stereocenters. The van der Waals surface area contributed by atoms with Crippen LogP contribution in [0, 0.1) is 5.41 Å². The SMILES string of the molecule is CC1=C(C(=O)OC2CCCC2)C(c2cccc(Cl)c2Cl)C2=C(CC(C)(C)CC2=O)N1. The minimum absolute atomic E-state index is 0.0356. The van der Waals surface area contributed by atoms with Crippen molar-refractivity contribution in [1.82, 2.24) is 5.32 Å². The number of benzene rings is 1. The van der Waals surface area contributed by atoms with E-state index >= 15 is 0 Å². The number of hydrogen-bond donors (Lipinski definition) is 1. The summed E-state index contributed by atoms with van der Waals surface area (Å²) in [6.45, 7) is 6.04. The van der Waals surface area contributed by atoms with E-state index in [2.05, 4.69) is 19.2 Å². The summed E-state index contributed by atoms with van der Waals surface area (Å²) in [5.41, 5.74) is 3.17. The first-order valence-corrected chi connectivity index (χ1v) is 11.3. The normalized spacial score (nSPS) is 24.0. The molecule has 1 fully saturated rings. The van der Waals surface area contributed by atoms with Crippen molar-refractivity contribution in [2.24, 2.45) is 5.41 Å². The van der Waals surface area contributed by atoms with E-state index in [1.165, 1.54) is 0 Å². The van der Waals surface area contributed by atoms with Gasteiger partial charge in [0.1, 0.15) is 6.10 Å². The number of esters is 1. The largest absolute Gasteiger partial charge is 0.459 e. The molecule has 0 radical (unpaired) electrons. The maximum atomic E-state index is 13.3. The van der Waals surface area contributed by atoms with Crippen LogP contribution in [0.3, 0.4) is 0 Å². The number of ether oxygens (including phenoxy) is 1. The first-order chi connectivity index (χ1) is 14.2. The van der Waals surface area contributed by atoms with E-state index in [4.69, 9.17) is 27.9 Å². The summed E-state index contributed by atoms with van der Waals surface area (Å²) in [5.74, 6) is -0.921. The van der Waals surface area contributed by atoms with Crippen molar-refractivity contribution in [2.45, 2.75) is 71.3 Å². The second-order valence-corrected chi connectivity index (χ2v) is 10.2. The van der Waals surface area contributed by atoms with Crippen LogP contribution < -0.4 is 5.32 Å². The van der Waals surface area contributed by atoms with Gasteiger partial charge in [0.25, 0.3) is 0 Å². The van der Waals surface area contributed by atoms with Gasteiger partial charge in [-0.2, -0.15) is 0 Å². The number of nitrogens with one attached hydrogen (secondary N) is 1. The fraction of sp³-hybridized carbons (Fsp3) is 0.500. The molecule has 0 spiro atoms. The Morgan fingerprint density at radius 1 is 1.17 bits per heavy atom. The maximum absolute atomic E-state index is 13.3. The Labute approximate surface area is 187 Å². The highest BCUT2D eigenvalue weighted by Gasteiger charge is 2.44. The second-order valence-electron chi connectivity index (χ2n) is 9.38. The summed E-state index contributed by atoms with van der Waals surface area (Å²) in [4.78, 5) is 26.6. The molecule has 2 aliphatic carbocycles. The molecule has 0 bridgehead atoms. The van der Waals surface area contributed by atoms with Crippen LogP contribution in [0.2, 0.25) is 10.0 Å². The summed E-state index contributed by atoms with van der Waals surface area (Å²) in [5, 5.41) is 4.13. The van der Waals surface area contributed by atoms with Gasteiger partial charge in [-0.15, -0.1) is 0 Å². The standard InChI is InChI=1S/C24H27Cl2NO3/c1-13-19(23(29)30-14-7-4-5-8-14)20(15-9-6-10-16(25)22(15)26)21-17(27-13)11-24(2,3)12-18(21)28/h6,9-10,14,20,27H,4-5,7-8,11-12H2,1-3H3. The van der Waals surface area contributed by atoms with Crippen molar-refractivity contribution in [1.29, 1.82) is 0 Å². The molecule has 1 aromatic rings. The number of Topliss-reactive ketones (excluding diaryl/α,β-unsaturated/α-hetero) is 1. The van der Waals surface area contributed by atoms with Crippen molar-refractivity contribution < 1.29 is 14.3 Å². The number of allylic oxidation sites excluding steroid dienone is 3. The Hall–Kier alpha value is -1.78. The molecular weight excluding hydrogens is 421 g/mol. The second kappa shape index (κ2) is 8.05. The smallest absolute Gasteiger partial charge is 0.337 e. The molecule has 1 unspecified atom stereocenters. The van der Waals surface area contributed by atoms with Gasteiger partial charge in [0.2, 0.25) is 0 Å². The fourth-order valence-corrected chi connectivity index (χ4v) is 5.40. The van der Waals surface area contributed by atoms with Crippen molar-refractivity contribution in [3.05, 3.63) is 56.3 Å². The summed E-state index contributed by atoms with van der Waals surface area (Å²) in [7, 11) is 0. The van der Waals surface area contributed by atoms with Gasteiger partial charge in [-0.25, -0.2) is 4.79 Å². The number of carbonyl (C=O) groups is 2. The van der Waals surface area contributed by atoms with Gasteiger partial charge in [-0.05, 0) is 56.1 Å². The predicted molar refractivity (Wildman–Crippen MR) is 118 cm³/mol. The molecule has 1 heterocycles. The number of carbonyl (C=O) groups excluding carboxylic acids is 2. The topological polar surface area (TPSA) is 55.4 Å². The Morgan fingerprint density at radius 2 is 1.87 bits per heavy atom. The molecule has 30 heavy (non-hydrogen) atoms. The number of hydrogen-bond acceptors (Lipinski definition) is 4. The van der Waals surface area contributed by atoms with Crippen molar-refractivity contribution >= 4 is 35.0 Å². The number of dihydropyridines is 1. The lowest BCUT2D eigenvalue weighted by Crippen LogP contribution is -2.39. The van der Waals surface area contributed by atoms with Gasteiger partial charge >= 0.3 is 5.97 Å². The number of halogens is 2. The highest BCUT2D eigenvalue weighted by molar-refractivity contribution is 6.42. The molecule has 4 rings (SSSR count). The molecule has 160 valence electrons. The molecule has 1 N–H and O–H groups in total. The van der Waals surface area contributed by atoms with Crippen molar-refractivity contribution in [3.8, 4) is 0 Å². The van der Waals surface area contributed by atoms with Crippen LogP contribution in [-0.2, 0) is 14.3 Å². The van der Waals surface area contributed by atoms with Gasteiger partial charge in [0.05, 0.1) is 15.6 Å². The molecule has 1 saturated carbocycles. The Bertz CT molecular complexity index is 971. The van der Waals surface area contributed by atoms with Gasteiger partial charge in [-0.1, -0.05) is 49.2 Å². The monoisotopic (exact) mass is 447 g/mol. The summed E-state index contributed by atoms with van der Waals surface area (Å²) in [6, 6.07) is 5.36. The summed E-state index contributed by atoms with van der Waals surface area (Å²) >= 11 is 12.9. The van der Waals surface area contributed by atoms with Crippen LogP contribution in [0.25, 0.3) is 0 Å². The first kappa shape index (κ1) is 21.5. The van der Waals surface area contributed by atoms with Crippen LogP contribution in [0.5, 0.6) is 0 Å². The third-order valence-corrected chi connectivity index (χ3v) is 7.16. The highest BCUT2D eigenvalue weighted by atomic mass is 35.5. The van der Waals surface area contributed by atoms with E-state index in [9.17, 15) is 9.59 Å². The minimum atomic E-state index is -0.579. The maximum Gasteiger partial charge on any atom is 0.337 e. The highest BCUT2D eigenvalue weighted by Crippen LogP contribution is 2.49. The molecule has 0 amide bonds. The van der Waals surface area contributed by atoms with E-state index in [1.807, 2.05) is 13.0 Å². The molecule has 1 aromatic carbocycles. The molecule has 3 aliphatic rings. The number of rotatable bonds is 3. The molecule has 4 nitrogen and oxygen atoms in total. The van der Waals surface area contributed by atoms with Crippen LogP contribution in [0.4, 0.5) is 0 Å². The summed E-state index contributed by atoms with van der Waals surface area (Å²) in [6.07, 6.45) is 4.99. The Morgan fingerprint density at radius 3 is 2.57 bits per heavy atom. The van der Waals surface area contributed by atoms with E-state index in [0.717, 1.165) is 37.8 Å². The van der Waals surface area contributed by atoms with E-state index in [1.54, 1.807) is 12.1 Å². The van der Waals surface area contributed by atoms with Crippen LogP contribution in [-0.4, -0.2) is 17.9 Å². The lowest BCUT2D eigenvalue weighted by molar-refractivity contribution is -0.144. The van der Waals surface area contributed by atoms with Crippen molar-refractivity contribution in [2.75, 3.05) is 0 Å². The van der Waals surface area contributed by atoms with E-state index < -0.39 is 5.92 Å². The Balaban J connectivity index is 1.83. The average Bonchev–Trinajstić information content (AvgIpc) is 3.14. The molecular formula is C24H27Cl2NO3. The molecule has 0 aromatic heterocycles.